The monoisotopic (exact) mass is 187 g/mol. The molecule has 1 aliphatic carbocycles. The molecule has 2 aromatic heterocycles. The Morgan fingerprint density at radius 2 is 2.21 bits per heavy atom. The summed E-state index contributed by atoms with van der Waals surface area (Å²) < 4.78 is 2.14. The standard InChI is InChI=1S/C11H13N3/c1-7-5-6-12-11-9(7)13-10(14(11)2)8-3-4-8/h5-6,8H,3-4H2,1-2H3. The smallest absolute Gasteiger partial charge is 0.160 e. The number of nitrogens with zero attached hydrogens (tertiary/aromatic N) is 3. The van der Waals surface area contributed by atoms with Crippen molar-refractivity contribution in [2.45, 2.75) is 25.7 Å². The Morgan fingerprint density at radius 3 is 2.86 bits per heavy atom. The molecule has 0 unspecified atom stereocenters. The Hall–Kier alpha value is -1.38. The summed E-state index contributed by atoms with van der Waals surface area (Å²) in [7, 11) is 2.06. The summed E-state index contributed by atoms with van der Waals surface area (Å²) in [6, 6.07) is 2.02. The van der Waals surface area contributed by atoms with Gasteiger partial charge in [-0.2, -0.15) is 0 Å². The summed E-state index contributed by atoms with van der Waals surface area (Å²) in [4.78, 5) is 9.05. The second-order valence-corrected chi connectivity index (χ2v) is 4.10. The van der Waals surface area contributed by atoms with E-state index in [1.54, 1.807) is 0 Å². The van der Waals surface area contributed by atoms with Gasteiger partial charge in [-0.1, -0.05) is 0 Å². The first-order chi connectivity index (χ1) is 6.77. The molecule has 0 saturated heterocycles. The summed E-state index contributed by atoms with van der Waals surface area (Å²) in [6.45, 7) is 2.09. The van der Waals surface area contributed by atoms with Crippen LogP contribution in [0.5, 0.6) is 0 Å². The average Bonchev–Trinajstić information content (AvgIpc) is 2.94. The van der Waals surface area contributed by atoms with Crippen LogP contribution in [-0.4, -0.2) is 14.5 Å². The lowest BCUT2D eigenvalue weighted by Gasteiger charge is -1.97. The summed E-state index contributed by atoms with van der Waals surface area (Å²) >= 11 is 0. The fourth-order valence-electron chi connectivity index (χ4n) is 1.92. The zero-order chi connectivity index (χ0) is 9.71. The van der Waals surface area contributed by atoms with Crippen molar-refractivity contribution in [3.05, 3.63) is 23.7 Å². The maximum atomic E-state index is 4.67. The van der Waals surface area contributed by atoms with Crippen LogP contribution >= 0.6 is 0 Å². The van der Waals surface area contributed by atoms with Gasteiger partial charge in [-0.25, -0.2) is 9.97 Å². The van der Waals surface area contributed by atoms with E-state index in [-0.39, 0.29) is 0 Å². The number of rotatable bonds is 1. The molecule has 0 N–H and O–H groups in total. The molecule has 0 bridgehead atoms. The van der Waals surface area contributed by atoms with Crippen molar-refractivity contribution in [2.24, 2.45) is 7.05 Å². The zero-order valence-electron chi connectivity index (χ0n) is 8.49. The van der Waals surface area contributed by atoms with E-state index in [9.17, 15) is 0 Å². The van der Waals surface area contributed by atoms with Gasteiger partial charge in [0.2, 0.25) is 0 Å². The van der Waals surface area contributed by atoms with Gasteiger partial charge in [0.25, 0.3) is 0 Å². The molecule has 2 heterocycles. The first-order valence-electron chi connectivity index (χ1n) is 5.05. The highest BCUT2D eigenvalue weighted by Crippen LogP contribution is 2.40. The van der Waals surface area contributed by atoms with Gasteiger partial charge in [0.1, 0.15) is 11.3 Å². The molecule has 0 aliphatic heterocycles. The largest absolute Gasteiger partial charge is 0.316 e. The summed E-state index contributed by atoms with van der Waals surface area (Å²) in [5.74, 6) is 1.90. The Labute approximate surface area is 82.8 Å². The Balaban J connectivity index is 2.33. The second kappa shape index (κ2) is 2.56. The molecule has 72 valence electrons. The van der Waals surface area contributed by atoms with Crippen LogP contribution in [0.1, 0.15) is 30.1 Å². The van der Waals surface area contributed by atoms with Crippen LogP contribution in [0.15, 0.2) is 12.3 Å². The Morgan fingerprint density at radius 1 is 1.43 bits per heavy atom. The van der Waals surface area contributed by atoms with Crippen LogP contribution in [0.25, 0.3) is 11.2 Å². The van der Waals surface area contributed by atoms with E-state index in [0.29, 0.717) is 5.92 Å². The topological polar surface area (TPSA) is 30.7 Å². The average molecular weight is 187 g/mol. The van der Waals surface area contributed by atoms with Crippen molar-refractivity contribution in [1.82, 2.24) is 14.5 Å². The van der Waals surface area contributed by atoms with Gasteiger partial charge in [0.05, 0.1) is 0 Å². The third kappa shape index (κ3) is 0.983. The maximum Gasteiger partial charge on any atom is 0.160 e. The summed E-state index contributed by atoms with van der Waals surface area (Å²) in [5.41, 5.74) is 3.31. The lowest BCUT2D eigenvalue weighted by molar-refractivity contribution is 0.812. The van der Waals surface area contributed by atoms with Gasteiger partial charge in [0, 0.05) is 19.2 Å². The van der Waals surface area contributed by atoms with Gasteiger partial charge < -0.3 is 4.57 Å². The fourth-order valence-corrected chi connectivity index (χ4v) is 1.92. The number of hydrogen-bond donors (Lipinski definition) is 0. The highest BCUT2D eigenvalue weighted by molar-refractivity contribution is 5.75. The molecule has 0 atom stereocenters. The summed E-state index contributed by atoms with van der Waals surface area (Å²) in [5, 5.41) is 0. The fraction of sp³-hybridized carbons (Fsp3) is 0.455. The van der Waals surface area contributed by atoms with Crippen molar-refractivity contribution in [2.75, 3.05) is 0 Å². The quantitative estimate of drug-likeness (QED) is 0.685. The minimum absolute atomic E-state index is 0.689. The van der Waals surface area contributed by atoms with Crippen LogP contribution in [0.2, 0.25) is 0 Å². The van der Waals surface area contributed by atoms with Gasteiger partial charge in [0.15, 0.2) is 5.65 Å². The van der Waals surface area contributed by atoms with Crippen LogP contribution in [0.3, 0.4) is 0 Å². The minimum atomic E-state index is 0.689. The normalized spacial score (nSPS) is 16.4. The van der Waals surface area contributed by atoms with Crippen molar-refractivity contribution in [1.29, 1.82) is 0 Å². The minimum Gasteiger partial charge on any atom is -0.316 e. The first kappa shape index (κ1) is 7.97. The molecule has 0 aromatic carbocycles. The van der Waals surface area contributed by atoms with E-state index < -0.39 is 0 Å². The molecule has 1 fully saturated rings. The molecule has 3 rings (SSSR count). The number of aryl methyl sites for hydroxylation is 2. The van der Waals surface area contributed by atoms with E-state index in [0.717, 1.165) is 11.2 Å². The Bertz CT molecular complexity index is 494. The molecule has 0 radical (unpaired) electrons. The zero-order valence-corrected chi connectivity index (χ0v) is 8.49. The van der Waals surface area contributed by atoms with E-state index in [1.807, 2.05) is 12.3 Å². The van der Waals surface area contributed by atoms with Gasteiger partial charge in [-0.05, 0) is 31.4 Å². The van der Waals surface area contributed by atoms with Crippen molar-refractivity contribution in [3.63, 3.8) is 0 Å². The lowest BCUT2D eigenvalue weighted by Crippen LogP contribution is -1.95. The van der Waals surface area contributed by atoms with Crippen LogP contribution in [0.4, 0.5) is 0 Å². The van der Waals surface area contributed by atoms with Gasteiger partial charge in [-0.15, -0.1) is 0 Å². The molecular formula is C11H13N3. The Kier molecular flexibility index (Phi) is 1.46. The van der Waals surface area contributed by atoms with E-state index in [1.165, 1.54) is 24.2 Å². The van der Waals surface area contributed by atoms with Crippen LogP contribution in [0, 0.1) is 6.92 Å². The molecule has 1 aliphatic rings. The van der Waals surface area contributed by atoms with E-state index in [2.05, 4.69) is 28.5 Å². The highest BCUT2D eigenvalue weighted by atomic mass is 15.1. The molecule has 0 amide bonds. The third-order valence-electron chi connectivity index (χ3n) is 2.94. The number of fused-ring (bicyclic) bond motifs is 1. The maximum absolute atomic E-state index is 4.67. The van der Waals surface area contributed by atoms with Gasteiger partial charge >= 0.3 is 0 Å². The number of aromatic nitrogens is 3. The second-order valence-electron chi connectivity index (χ2n) is 4.10. The molecule has 2 aromatic rings. The lowest BCUT2D eigenvalue weighted by atomic mass is 10.3. The highest BCUT2D eigenvalue weighted by Gasteiger charge is 2.29. The van der Waals surface area contributed by atoms with Crippen molar-refractivity contribution >= 4 is 11.2 Å². The first-order valence-corrected chi connectivity index (χ1v) is 5.05. The summed E-state index contributed by atoms with van der Waals surface area (Å²) in [6.07, 6.45) is 4.43. The van der Waals surface area contributed by atoms with E-state index in [4.69, 9.17) is 0 Å². The third-order valence-corrected chi connectivity index (χ3v) is 2.94. The predicted octanol–water partition coefficient (Wildman–Crippen LogP) is 2.15. The molecule has 3 heteroatoms. The predicted molar refractivity (Wildman–Crippen MR) is 55.2 cm³/mol. The van der Waals surface area contributed by atoms with Crippen LogP contribution in [-0.2, 0) is 7.05 Å². The molecular weight excluding hydrogens is 174 g/mol. The van der Waals surface area contributed by atoms with Crippen LogP contribution < -0.4 is 0 Å². The molecule has 3 nitrogen and oxygen atoms in total. The number of imidazole rings is 1. The molecule has 14 heavy (non-hydrogen) atoms. The number of pyridine rings is 1. The number of hydrogen-bond acceptors (Lipinski definition) is 2. The van der Waals surface area contributed by atoms with E-state index >= 15 is 0 Å². The molecule has 0 spiro atoms. The SMILES string of the molecule is Cc1ccnc2c1nc(C1CC1)n2C. The van der Waals surface area contributed by atoms with Gasteiger partial charge in [-0.3, -0.25) is 0 Å². The van der Waals surface area contributed by atoms with Crippen molar-refractivity contribution < 1.29 is 0 Å². The molecule has 1 saturated carbocycles. The van der Waals surface area contributed by atoms with Crippen molar-refractivity contribution in [3.8, 4) is 0 Å².